The number of carbonyl (C=O) groups excluding carboxylic acids is 3. The number of fused-ring (bicyclic) bond motifs is 1. The molecule has 1 aliphatic rings. The number of aromatic nitrogens is 2. The predicted octanol–water partition coefficient (Wildman–Crippen LogP) is 3.02. The Morgan fingerprint density at radius 1 is 1.11 bits per heavy atom. The lowest BCUT2D eigenvalue weighted by Gasteiger charge is -2.20. The molecule has 1 N–H and O–H groups in total. The van der Waals surface area contributed by atoms with Crippen LogP contribution in [-0.4, -0.2) is 57.4 Å². The zero-order valence-corrected chi connectivity index (χ0v) is 19.8. The molecule has 1 unspecified atom stereocenters. The molecule has 0 saturated carbocycles. The van der Waals surface area contributed by atoms with Crippen molar-refractivity contribution in [3.05, 3.63) is 89.0 Å². The van der Waals surface area contributed by atoms with Crippen LogP contribution in [0, 0.1) is 5.82 Å². The van der Waals surface area contributed by atoms with Crippen molar-refractivity contribution >= 4 is 17.7 Å². The van der Waals surface area contributed by atoms with E-state index in [0.717, 1.165) is 11.1 Å². The van der Waals surface area contributed by atoms with Gasteiger partial charge in [-0.2, -0.15) is 5.10 Å². The molecule has 182 valence electrons. The van der Waals surface area contributed by atoms with Crippen LogP contribution in [0.2, 0.25) is 0 Å². The van der Waals surface area contributed by atoms with Gasteiger partial charge in [-0.1, -0.05) is 42.5 Å². The van der Waals surface area contributed by atoms with Crippen molar-refractivity contribution in [1.82, 2.24) is 24.9 Å². The molecule has 1 aromatic heterocycles. The van der Waals surface area contributed by atoms with E-state index in [1.54, 1.807) is 21.7 Å². The smallest absolute Gasteiger partial charge is 0.274 e. The molecule has 1 atom stereocenters. The van der Waals surface area contributed by atoms with E-state index < -0.39 is 5.91 Å². The second-order valence-electron chi connectivity index (χ2n) is 8.71. The number of benzene rings is 2. The summed E-state index contributed by atoms with van der Waals surface area (Å²) < 4.78 is 14.8. The van der Waals surface area contributed by atoms with Crippen molar-refractivity contribution in [2.24, 2.45) is 0 Å². The molecule has 4 rings (SSSR count). The summed E-state index contributed by atoms with van der Waals surface area (Å²) in [4.78, 5) is 41.6. The average Bonchev–Trinajstić information content (AvgIpc) is 3.22. The lowest BCUT2D eigenvalue weighted by Crippen LogP contribution is -2.39. The Bertz CT molecular complexity index is 1210. The molecule has 0 bridgehead atoms. The van der Waals surface area contributed by atoms with Gasteiger partial charge in [0.1, 0.15) is 11.5 Å². The lowest BCUT2D eigenvalue weighted by molar-refractivity contribution is -0.122. The normalized spacial score (nSPS) is 14.1. The van der Waals surface area contributed by atoms with Crippen LogP contribution in [0.1, 0.15) is 51.5 Å². The zero-order chi connectivity index (χ0) is 24.9. The lowest BCUT2D eigenvalue weighted by atomic mass is 10.1. The molecule has 3 aromatic rings. The first kappa shape index (κ1) is 24.1. The number of nitrogens with zero attached hydrogens (tertiary/aromatic N) is 4. The van der Waals surface area contributed by atoms with Gasteiger partial charge >= 0.3 is 0 Å². The van der Waals surface area contributed by atoms with E-state index in [-0.39, 0.29) is 35.9 Å². The highest BCUT2D eigenvalue weighted by molar-refractivity contribution is 5.99. The summed E-state index contributed by atoms with van der Waals surface area (Å²) >= 11 is 0. The molecule has 9 heteroatoms. The highest BCUT2D eigenvalue weighted by Gasteiger charge is 2.28. The van der Waals surface area contributed by atoms with Gasteiger partial charge in [-0.15, -0.1) is 0 Å². The van der Waals surface area contributed by atoms with Crippen molar-refractivity contribution < 1.29 is 18.8 Å². The highest BCUT2D eigenvalue weighted by Crippen LogP contribution is 2.18. The number of halogens is 1. The van der Waals surface area contributed by atoms with Gasteiger partial charge in [-0.25, -0.2) is 4.39 Å². The minimum Gasteiger partial charge on any atom is -0.348 e. The highest BCUT2D eigenvalue weighted by atomic mass is 19.1. The van der Waals surface area contributed by atoms with Crippen LogP contribution in [-0.2, 0) is 17.9 Å². The van der Waals surface area contributed by atoms with Gasteiger partial charge in [0.25, 0.3) is 11.8 Å². The van der Waals surface area contributed by atoms with E-state index in [2.05, 4.69) is 10.4 Å². The first-order valence-corrected chi connectivity index (χ1v) is 11.5. The van der Waals surface area contributed by atoms with E-state index in [1.807, 2.05) is 37.3 Å². The number of likely N-dealkylation sites (N-methyl/N-ethyl adjacent to an activating group) is 1. The zero-order valence-electron chi connectivity index (χ0n) is 19.8. The van der Waals surface area contributed by atoms with Gasteiger partial charge in [0.15, 0.2) is 5.69 Å². The SMILES string of the molecule is CC(NC(=O)CN(C)C(=O)c1cc2n(n1)CCCN(Cc1ccc(F)cc1)C2=O)c1ccccc1. The Morgan fingerprint density at radius 3 is 2.54 bits per heavy atom. The van der Waals surface area contributed by atoms with E-state index in [9.17, 15) is 18.8 Å². The fourth-order valence-electron chi connectivity index (χ4n) is 4.09. The number of carbonyl (C=O) groups is 3. The van der Waals surface area contributed by atoms with Gasteiger partial charge in [-0.3, -0.25) is 19.1 Å². The van der Waals surface area contributed by atoms with Gasteiger partial charge in [-0.05, 0) is 36.6 Å². The summed E-state index contributed by atoms with van der Waals surface area (Å²) in [7, 11) is 1.53. The van der Waals surface area contributed by atoms with E-state index in [0.29, 0.717) is 31.7 Å². The van der Waals surface area contributed by atoms with Crippen LogP contribution < -0.4 is 5.32 Å². The third-order valence-corrected chi connectivity index (χ3v) is 5.99. The fourth-order valence-corrected chi connectivity index (χ4v) is 4.09. The van der Waals surface area contributed by atoms with E-state index in [4.69, 9.17) is 0 Å². The number of rotatable bonds is 7. The molecule has 0 radical (unpaired) electrons. The molecule has 3 amide bonds. The molecule has 2 heterocycles. The summed E-state index contributed by atoms with van der Waals surface area (Å²) in [5.74, 6) is -1.30. The topological polar surface area (TPSA) is 87.5 Å². The summed E-state index contributed by atoms with van der Waals surface area (Å²) in [5, 5.41) is 7.24. The Kier molecular flexibility index (Phi) is 7.24. The molecule has 0 spiro atoms. The molecule has 0 fully saturated rings. The maximum Gasteiger partial charge on any atom is 0.274 e. The van der Waals surface area contributed by atoms with Gasteiger partial charge in [0, 0.05) is 32.7 Å². The van der Waals surface area contributed by atoms with Crippen LogP contribution in [0.25, 0.3) is 0 Å². The number of hydrogen-bond donors (Lipinski definition) is 1. The van der Waals surface area contributed by atoms with Crippen molar-refractivity contribution in [3.8, 4) is 0 Å². The van der Waals surface area contributed by atoms with Crippen molar-refractivity contribution in [2.45, 2.75) is 32.5 Å². The van der Waals surface area contributed by atoms with Crippen molar-refractivity contribution in [3.63, 3.8) is 0 Å². The Balaban J connectivity index is 1.40. The fraction of sp³-hybridized carbons (Fsp3) is 0.308. The summed E-state index contributed by atoms with van der Waals surface area (Å²) in [6.45, 7) is 3.11. The predicted molar refractivity (Wildman–Crippen MR) is 128 cm³/mol. The van der Waals surface area contributed by atoms with Crippen LogP contribution in [0.3, 0.4) is 0 Å². The number of aryl methyl sites for hydroxylation is 1. The van der Waals surface area contributed by atoms with Crippen LogP contribution in [0.5, 0.6) is 0 Å². The summed E-state index contributed by atoms with van der Waals surface area (Å²) in [6, 6.07) is 16.9. The molecule has 1 aliphatic heterocycles. The molecule has 35 heavy (non-hydrogen) atoms. The second-order valence-corrected chi connectivity index (χ2v) is 8.71. The van der Waals surface area contributed by atoms with Crippen molar-refractivity contribution in [1.29, 1.82) is 0 Å². The van der Waals surface area contributed by atoms with Gasteiger partial charge in [0.05, 0.1) is 12.6 Å². The maximum absolute atomic E-state index is 13.2. The Labute approximate surface area is 203 Å². The third kappa shape index (κ3) is 5.74. The molecule has 2 aromatic carbocycles. The third-order valence-electron chi connectivity index (χ3n) is 5.99. The summed E-state index contributed by atoms with van der Waals surface area (Å²) in [6.07, 6.45) is 0.671. The Morgan fingerprint density at radius 2 is 1.83 bits per heavy atom. The number of hydrogen-bond acceptors (Lipinski definition) is 4. The average molecular weight is 478 g/mol. The van der Waals surface area contributed by atoms with Crippen molar-refractivity contribution in [2.75, 3.05) is 20.1 Å². The standard InChI is InChI=1S/C26H28FN5O3/c1-18(20-7-4-3-5-8-20)28-24(33)17-30(2)25(34)22-15-23-26(35)31(13-6-14-32(23)29-22)16-19-9-11-21(27)12-10-19/h3-5,7-12,15,18H,6,13-14,16-17H2,1-2H3,(H,28,33). The van der Waals surface area contributed by atoms with Gasteiger partial charge < -0.3 is 15.1 Å². The quantitative estimate of drug-likeness (QED) is 0.567. The van der Waals surface area contributed by atoms with E-state index >= 15 is 0 Å². The minimum absolute atomic E-state index is 0.114. The first-order chi connectivity index (χ1) is 16.8. The molecule has 0 aliphatic carbocycles. The van der Waals surface area contributed by atoms with Gasteiger partial charge in [0.2, 0.25) is 5.91 Å². The Hall–Kier alpha value is -4.01. The maximum atomic E-state index is 13.2. The molecule has 0 saturated heterocycles. The van der Waals surface area contributed by atoms with Crippen LogP contribution >= 0.6 is 0 Å². The number of nitrogens with one attached hydrogen (secondary N) is 1. The minimum atomic E-state index is -0.439. The summed E-state index contributed by atoms with van der Waals surface area (Å²) in [5.41, 5.74) is 2.22. The second kappa shape index (κ2) is 10.5. The van der Waals surface area contributed by atoms with Crippen LogP contribution in [0.15, 0.2) is 60.7 Å². The van der Waals surface area contributed by atoms with Crippen LogP contribution in [0.4, 0.5) is 4.39 Å². The largest absolute Gasteiger partial charge is 0.348 e. The molecular weight excluding hydrogens is 449 g/mol. The molecule has 8 nitrogen and oxygen atoms in total. The monoisotopic (exact) mass is 477 g/mol. The number of amides is 3. The molecular formula is C26H28FN5O3. The van der Waals surface area contributed by atoms with E-state index in [1.165, 1.54) is 30.1 Å². The first-order valence-electron chi connectivity index (χ1n) is 11.5.